The number of hydrogen-bond donors (Lipinski definition) is 0. The summed E-state index contributed by atoms with van der Waals surface area (Å²) in [4.78, 5) is 27.4. The number of nitrogens with zero attached hydrogens (tertiary/aromatic N) is 1. The second kappa shape index (κ2) is 8.72. The second-order valence-corrected chi connectivity index (χ2v) is 9.44. The molecule has 4 rings (SSSR count). The van der Waals surface area contributed by atoms with E-state index in [0.29, 0.717) is 18.6 Å². The van der Waals surface area contributed by atoms with Crippen LogP contribution >= 0.6 is 25.1 Å². The number of aromatic nitrogens is 1. The fraction of sp³-hybridized carbons (Fsp3) is 0. The standard InChI is InChI=1S/C22H15NO2P3/c24-21-19(26-16-10-4-1-5-11-16)20(27-17-12-6-2-7-13-17)22(25)23(21)28-18-14-8-3-9-15-18/h1-15H. The molecule has 0 saturated carbocycles. The lowest BCUT2D eigenvalue weighted by Gasteiger charge is -1.97. The van der Waals surface area contributed by atoms with Gasteiger partial charge in [0.05, 0.1) is 18.6 Å². The Labute approximate surface area is 167 Å². The molecule has 0 unspecified atom stereocenters. The molecule has 1 radical (unpaired) electrons. The van der Waals surface area contributed by atoms with Crippen LogP contribution in [0.4, 0.5) is 0 Å². The lowest BCUT2D eigenvalue weighted by molar-refractivity contribution is 1.14. The van der Waals surface area contributed by atoms with Crippen molar-refractivity contribution in [3.05, 3.63) is 122 Å². The first-order valence-electron chi connectivity index (χ1n) is 8.66. The quantitative estimate of drug-likeness (QED) is 0.474. The molecule has 0 aliphatic carbocycles. The van der Waals surface area contributed by atoms with Gasteiger partial charge in [-0.15, -0.1) is 0 Å². The third-order valence-corrected chi connectivity index (χ3v) is 7.64. The van der Waals surface area contributed by atoms with Crippen molar-refractivity contribution in [3.8, 4) is 0 Å². The summed E-state index contributed by atoms with van der Waals surface area (Å²) in [6, 6.07) is 29.1. The molecule has 3 nitrogen and oxygen atoms in total. The van der Waals surface area contributed by atoms with E-state index in [-0.39, 0.29) is 11.1 Å². The lowest BCUT2D eigenvalue weighted by atomic mass is 10.4. The van der Waals surface area contributed by atoms with Crippen LogP contribution < -0.4 is 27.0 Å². The van der Waals surface area contributed by atoms with Gasteiger partial charge in [0, 0.05) is 15.9 Å². The smallest absolute Gasteiger partial charge is 0.268 e. The fourth-order valence-electron chi connectivity index (χ4n) is 2.66. The average molecular weight is 418 g/mol. The minimum absolute atomic E-state index is 0.209. The van der Waals surface area contributed by atoms with Gasteiger partial charge in [0.2, 0.25) is 0 Å². The predicted octanol–water partition coefficient (Wildman–Crippen LogP) is 3.73. The Morgan fingerprint density at radius 1 is 0.500 bits per heavy atom. The van der Waals surface area contributed by atoms with E-state index >= 15 is 0 Å². The van der Waals surface area contributed by atoms with Gasteiger partial charge in [-0.1, -0.05) is 107 Å². The summed E-state index contributed by atoms with van der Waals surface area (Å²) in [5.74, 6) is 0. The van der Waals surface area contributed by atoms with Crippen molar-refractivity contribution in [2.24, 2.45) is 0 Å². The van der Waals surface area contributed by atoms with E-state index in [2.05, 4.69) is 0 Å². The van der Waals surface area contributed by atoms with Crippen molar-refractivity contribution in [1.82, 2.24) is 4.34 Å². The van der Waals surface area contributed by atoms with E-state index in [0.717, 1.165) is 32.3 Å². The molecule has 1 aromatic heterocycles. The predicted molar refractivity (Wildman–Crippen MR) is 120 cm³/mol. The van der Waals surface area contributed by atoms with Crippen LogP contribution in [0.1, 0.15) is 0 Å². The molecule has 0 atom stereocenters. The van der Waals surface area contributed by atoms with Crippen LogP contribution in [0.15, 0.2) is 101 Å². The normalized spacial score (nSPS) is 12.9. The molecule has 0 fully saturated rings. The maximum atomic E-state index is 13.2. The van der Waals surface area contributed by atoms with Gasteiger partial charge in [0.25, 0.3) is 11.1 Å². The van der Waals surface area contributed by atoms with Crippen LogP contribution in [0.25, 0.3) is 0 Å². The molecule has 3 aromatic carbocycles. The molecule has 0 aliphatic heterocycles. The van der Waals surface area contributed by atoms with Crippen LogP contribution in [-0.2, 0) is 0 Å². The first-order valence-corrected chi connectivity index (χ1v) is 11.3. The third kappa shape index (κ3) is 4.18. The zero-order chi connectivity index (χ0) is 19.3. The van der Waals surface area contributed by atoms with Crippen molar-refractivity contribution in [3.63, 3.8) is 0 Å². The number of hydrogen-bond acceptors (Lipinski definition) is 2. The zero-order valence-corrected chi connectivity index (χ0v) is 17.4. The number of rotatable bonds is 4. The molecule has 6 heteroatoms. The Kier molecular flexibility index (Phi) is 5.89. The van der Waals surface area contributed by atoms with E-state index in [9.17, 15) is 9.59 Å². The van der Waals surface area contributed by atoms with E-state index < -0.39 is 0 Å². The SMILES string of the molecule is O=c1c(=Pc2ccccc2)c(=Pc2ccccc2)c(=O)n1[P]c1ccccc1. The molecule has 0 amide bonds. The molecule has 4 aromatic rings. The highest BCUT2D eigenvalue weighted by molar-refractivity contribution is 7.45. The molecular weight excluding hydrogens is 403 g/mol. The topological polar surface area (TPSA) is 39.1 Å². The van der Waals surface area contributed by atoms with Gasteiger partial charge >= 0.3 is 0 Å². The van der Waals surface area contributed by atoms with Gasteiger partial charge < -0.3 is 0 Å². The summed E-state index contributed by atoms with van der Waals surface area (Å²) in [6.07, 6.45) is 0. The Hall–Kier alpha value is -2.43. The summed E-state index contributed by atoms with van der Waals surface area (Å²) in [5.41, 5.74) is -0.418. The fourth-order valence-corrected chi connectivity index (χ4v) is 5.99. The highest BCUT2D eigenvalue weighted by Crippen LogP contribution is 2.14. The molecule has 28 heavy (non-hydrogen) atoms. The van der Waals surface area contributed by atoms with E-state index in [4.69, 9.17) is 0 Å². The largest absolute Gasteiger partial charge is 0.270 e. The molecular formula is C22H15NO2P3. The monoisotopic (exact) mass is 418 g/mol. The van der Waals surface area contributed by atoms with Crippen molar-refractivity contribution in [2.75, 3.05) is 0 Å². The maximum Gasteiger partial charge on any atom is 0.270 e. The van der Waals surface area contributed by atoms with Gasteiger partial charge in [-0.05, 0) is 0 Å². The van der Waals surface area contributed by atoms with Gasteiger partial charge in [-0.2, -0.15) is 0 Å². The Morgan fingerprint density at radius 3 is 1.25 bits per heavy atom. The second-order valence-electron chi connectivity index (χ2n) is 5.95. The molecule has 1 heterocycles. The molecule has 0 bridgehead atoms. The van der Waals surface area contributed by atoms with Gasteiger partial charge in [-0.3, -0.25) is 9.59 Å². The third-order valence-electron chi connectivity index (χ3n) is 3.98. The Morgan fingerprint density at radius 2 is 0.857 bits per heavy atom. The Bertz CT molecular complexity index is 1220. The van der Waals surface area contributed by atoms with Crippen LogP contribution in [-0.4, -0.2) is 4.34 Å². The highest BCUT2D eigenvalue weighted by Gasteiger charge is 2.12. The maximum absolute atomic E-state index is 13.2. The zero-order valence-electron chi connectivity index (χ0n) is 14.8. The minimum Gasteiger partial charge on any atom is -0.268 e. The summed E-state index contributed by atoms with van der Waals surface area (Å²) < 4.78 is 1.34. The van der Waals surface area contributed by atoms with Crippen molar-refractivity contribution >= 4 is 41.1 Å². The molecule has 0 N–H and O–H groups in total. The lowest BCUT2D eigenvalue weighted by Crippen LogP contribution is -2.21. The van der Waals surface area contributed by atoms with Crippen LogP contribution in [0.3, 0.4) is 0 Å². The average Bonchev–Trinajstić information content (AvgIpc) is 2.95. The Balaban J connectivity index is 1.97. The molecule has 0 aliphatic rings. The van der Waals surface area contributed by atoms with Crippen molar-refractivity contribution in [1.29, 1.82) is 0 Å². The summed E-state index contributed by atoms with van der Waals surface area (Å²) in [7, 11) is 2.11. The van der Waals surface area contributed by atoms with Gasteiger partial charge in [-0.25, -0.2) is 4.34 Å². The minimum atomic E-state index is -0.209. The molecule has 0 spiro atoms. The first kappa shape index (κ1) is 18.9. The van der Waals surface area contributed by atoms with E-state index in [1.54, 1.807) is 0 Å². The van der Waals surface area contributed by atoms with E-state index in [1.807, 2.05) is 91.0 Å². The van der Waals surface area contributed by atoms with Crippen LogP contribution in [0.2, 0.25) is 0 Å². The summed E-state index contributed by atoms with van der Waals surface area (Å²) >= 11 is 0. The summed E-state index contributed by atoms with van der Waals surface area (Å²) in [6.45, 7) is 0. The van der Waals surface area contributed by atoms with E-state index in [1.165, 1.54) is 4.34 Å². The summed E-state index contributed by atoms with van der Waals surface area (Å²) in [5, 5.41) is 2.91. The van der Waals surface area contributed by atoms with Gasteiger partial charge in [0.15, 0.2) is 0 Å². The number of benzene rings is 3. The van der Waals surface area contributed by atoms with Crippen molar-refractivity contribution in [2.45, 2.75) is 0 Å². The molecule has 0 saturated heterocycles. The first-order chi connectivity index (χ1) is 13.7. The van der Waals surface area contributed by atoms with Crippen LogP contribution in [0.5, 0.6) is 0 Å². The van der Waals surface area contributed by atoms with Crippen LogP contribution in [0, 0.1) is 9.88 Å². The van der Waals surface area contributed by atoms with Gasteiger partial charge in [0.1, 0.15) is 0 Å². The highest BCUT2D eigenvalue weighted by atomic mass is 31.1. The molecule has 135 valence electrons. The van der Waals surface area contributed by atoms with Crippen molar-refractivity contribution < 1.29 is 0 Å².